The fourth-order valence-corrected chi connectivity index (χ4v) is 5.46. The minimum atomic E-state index is 0.0591. The Kier molecular flexibility index (Phi) is 4.12. The molecule has 0 radical (unpaired) electrons. The first-order valence-corrected chi connectivity index (χ1v) is 11.7. The highest BCUT2D eigenvalue weighted by molar-refractivity contribution is 7.00. The Morgan fingerprint density at radius 2 is 1.12 bits per heavy atom. The van der Waals surface area contributed by atoms with E-state index in [0.29, 0.717) is 13.2 Å². The number of rotatable bonds is 5. The van der Waals surface area contributed by atoms with E-state index in [2.05, 4.69) is 53.4 Å². The van der Waals surface area contributed by atoms with Gasteiger partial charge in [-0.3, -0.25) is 0 Å². The van der Waals surface area contributed by atoms with Gasteiger partial charge in [-0.15, -0.1) is 0 Å². The smallest absolute Gasteiger partial charge is 0.266 e. The van der Waals surface area contributed by atoms with Crippen molar-refractivity contribution in [1.29, 1.82) is 0 Å². The van der Waals surface area contributed by atoms with Crippen LogP contribution in [0.2, 0.25) is 0 Å². The molecule has 0 N–H and O–H groups in total. The normalized spacial score (nSPS) is 13.6. The van der Waals surface area contributed by atoms with Crippen LogP contribution in [-0.4, -0.2) is 19.9 Å². The fraction of sp³-hybridized carbons (Fsp3) is 0.143. The molecule has 0 aliphatic carbocycles. The molecule has 3 aliphatic rings. The summed E-state index contributed by atoms with van der Waals surface area (Å²) in [5.74, 6) is 5.03. The van der Waals surface area contributed by atoms with Crippen molar-refractivity contribution < 1.29 is 18.9 Å². The van der Waals surface area contributed by atoms with Gasteiger partial charge < -0.3 is 23.8 Å². The van der Waals surface area contributed by atoms with Gasteiger partial charge in [-0.1, -0.05) is 18.2 Å². The third-order valence-corrected chi connectivity index (χ3v) is 6.64. The molecule has 4 aromatic carbocycles. The Balaban J connectivity index is 1.52. The van der Waals surface area contributed by atoms with Crippen molar-refractivity contribution in [1.82, 2.24) is 0 Å². The summed E-state index contributed by atoms with van der Waals surface area (Å²) >= 11 is 0. The average molecular weight is 447 g/mol. The molecule has 166 valence electrons. The summed E-state index contributed by atoms with van der Waals surface area (Å²) in [6.45, 7) is 5.20. The zero-order valence-electron chi connectivity index (χ0n) is 19.0. The minimum Gasteiger partial charge on any atom is -0.494 e. The molecule has 0 saturated heterocycles. The van der Waals surface area contributed by atoms with Gasteiger partial charge in [0.05, 0.1) is 18.9 Å². The second-order valence-corrected chi connectivity index (χ2v) is 8.55. The SMILES string of the molecule is CCOc1cc(OCC)cc(N2c3cccc4c3B3c5c(cccc5Oc5cccc2c53)O4)c1. The molecular weight excluding hydrogens is 425 g/mol. The van der Waals surface area contributed by atoms with Crippen LogP contribution in [0.3, 0.4) is 0 Å². The highest BCUT2D eigenvalue weighted by Crippen LogP contribution is 2.46. The maximum absolute atomic E-state index is 6.40. The summed E-state index contributed by atoms with van der Waals surface area (Å²) in [6.07, 6.45) is 0. The molecule has 4 aromatic rings. The van der Waals surface area contributed by atoms with Gasteiger partial charge in [0.2, 0.25) is 0 Å². The molecule has 3 heterocycles. The molecule has 6 heteroatoms. The predicted molar refractivity (Wildman–Crippen MR) is 135 cm³/mol. The van der Waals surface area contributed by atoms with Crippen molar-refractivity contribution in [2.24, 2.45) is 0 Å². The van der Waals surface area contributed by atoms with Crippen LogP contribution < -0.4 is 40.2 Å². The molecule has 0 fully saturated rings. The third-order valence-electron chi connectivity index (χ3n) is 6.64. The molecule has 0 bridgehead atoms. The van der Waals surface area contributed by atoms with E-state index in [1.54, 1.807) is 0 Å². The van der Waals surface area contributed by atoms with E-state index in [4.69, 9.17) is 18.9 Å². The first kappa shape index (κ1) is 19.4. The second-order valence-electron chi connectivity index (χ2n) is 8.55. The molecule has 0 atom stereocenters. The van der Waals surface area contributed by atoms with Gasteiger partial charge in [0.25, 0.3) is 6.71 Å². The lowest BCUT2D eigenvalue weighted by Gasteiger charge is -2.42. The molecule has 0 spiro atoms. The topological polar surface area (TPSA) is 40.2 Å². The van der Waals surface area contributed by atoms with E-state index in [9.17, 15) is 0 Å². The lowest BCUT2D eigenvalue weighted by Crippen LogP contribution is -2.61. The monoisotopic (exact) mass is 447 g/mol. The Morgan fingerprint density at radius 3 is 1.62 bits per heavy atom. The van der Waals surface area contributed by atoms with Crippen molar-refractivity contribution in [3.63, 3.8) is 0 Å². The van der Waals surface area contributed by atoms with Crippen molar-refractivity contribution in [2.75, 3.05) is 18.1 Å². The largest absolute Gasteiger partial charge is 0.494 e. The quantitative estimate of drug-likeness (QED) is 0.348. The first-order valence-electron chi connectivity index (χ1n) is 11.7. The van der Waals surface area contributed by atoms with E-state index in [0.717, 1.165) is 67.9 Å². The maximum Gasteiger partial charge on any atom is 0.266 e. The van der Waals surface area contributed by atoms with E-state index < -0.39 is 0 Å². The summed E-state index contributed by atoms with van der Waals surface area (Å²) < 4.78 is 24.6. The van der Waals surface area contributed by atoms with E-state index in [1.165, 1.54) is 0 Å². The lowest BCUT2D eigenvalue weighted by molar-refractivity contribution is 0.323. The van der Waals surface area contributed by atoms with Crippen LogP contribution in [0.1, 0.15) is 13.8 Å². The molecule has 0 unspecified atom stereocenters. The zero-order chi connectivity index (χ0) is 22.8. The van der Waals surface area contributed by atoms with Crippen LogP contribution in [0.15, 0.2) is 72.8 Å². The van der Waals surface area contributed by atoms with Gasteiger partial charge in [-0.25, -0.2) is 0 Å². The zero-order valence-corrected chi connectivity index (χ0v) is 19.0. The number of benzene rings is 4. The molecule has 34 heavy (non-hydrogen) atoms. The van der Waals surface area contributed by atoms with E-state index >= 15 is 0 Å². The van der Waals surface area contributed by atoms with Crippen LogP contribution in [0, 0.1) is 0 Å². The van der Waals surface area contributed by atoms with Gasteiger partial charge in [0, 0.05) is 35.0 Å². The molecule has 0 amide bonds. The number of anilines is 3. The Morgan fingerprint density at radius 1 is 0.647 bits per heavy atom. The lowest BCUT2D eigenvalue weighted by atomic mass is 9.33. The van der Waals surface area contributed by atoms with E-state index in [-0.39, 0.29) is 6.71 Å². The Hall–Kier alpha value is -4.06. The maximum atomic E-state index is 6.40. The Bertz CT molecular complexity index is 1370. The summed E-state index contributed by atoms with van der Waals surface area (Å²) in [4.78, 5) is 2.27. The number of hydrogen-bond donors (Lipinski definition) is 0. The van der Waals surface area contributed by atoms with Crippen LogP contribution in [0.25, 0.3) is 0 Å². The van der Waals surface area contributed by atoms with Crippen molar-refractivity contribution in [2.45, 2.75) is 13.8 Å². The highest BCUT2D eigenvalue weighted by atomic mass is 16.5. The summed E-state index contributed by atoms with van der Waals surface area (Å²) in [7, 11) is 0. The first-order chi connectivity index (χ1) is 16.8. The summed E-state index contributed by atoms with van der Waals surface area (Å²) in [6, 6.07) is 24.7. The molecule has 5 nitrogen and oxygen atoms in total. The second kappa shape index (κ2) is 7.22. The average Bonchev–Trinajstić information content (AvgIpc) is 2.84. The van der Waals surface area contributed by atoms with Gasteiger partial charge in [0.1, 0.15) is 34.5 Å². The van der Waals surface area contributed by atoms with Crippen LogP contribution >= 0.6 is 0 Å². The van der Waals surface area contributed by atoms with Gasteiger partial charge in [0.15, 0.2) is 0 Å². The Labute approximate surface area is 198 Å². The number of nitrogens with zero attached hydrogens (tertiary/aromatic N) is 1. The van der Waals surface area contributed by atoms with Crippen molar-refractivity contribution in [3.05, 3.63) is 72.8 Å². The number of ether oxygens (including phenoxy) is 4. The molecule has 0 aromatic heterocycles. The van der Waals surface area contributed by atoms with Crippen molar-refractivity contribution in [3.8, 4) is 34.5 Å². The fourth-order valence-electron chi connectivity index (χ4n) is 5.46. The van der Waals surface area contributed by atoms with Gasteiger partial charge in [-0.2, -0.15) is 0 Å². The standard InChI is InChI=1S/C28H22BNO4/c1-3-31-18-14-17(15-19(16-18)32-4-2)30-20-8-5-10-22-26(20)29-27-21(30)9-6-11-23(27)34-25-13-7-12-24(33-22)28(25)29/h5-16H,3-4H2,1-2H3. The molecular formula is C28H22BNO4. The third kappa shape index (κ3) is 2.62. The summed E-state index contributed by atoms with van der Waals surface area (Å²) in [5, 5.41) is 0. The van der Waals surface area contributed by atoms with Crippen LogP contribution in [-0.2, 0) is 0 Å². The molecule has 0 saturated carbocycles. The van der Waals surface area contributed by atoms with Gasteiger partial charge >= 0.3 is 0 Å². The van der Waals surface area contributed by atoms with E-state index in [1.807, 2.05) is 38.1 Å². The minimum absolute atomic E-state index is 0.0591. The highest BCUT2D eigenvalue weighted by Gasteiger charge is 2.47. The molecule has 3 aliphatic heterocycles. The predicted octanol–water partition coefficient (Wildman–Crippen LogP) is 4.99. The number of hydrogen-bond acceptors (Lipinski definition) is 5. The van der Waals surface area contributed by atoms with Crippen LogP contribution in [0.4, 0.5) is 17.1 Å². The van der Waals surface area contributed by atoms with Crippen LogP contribution in [0.5, 0.6) is 34.5 Å². The van der Waals surface area contributed by atoms with Crippen molar-refractivity contribution >= 4 is 40.2 Å². The van der Waals surface area contributed by atoms with Gasteiger partial charge in [-0.05, 0) is 61.2 Å². The molecule has 7 rings (SSSR count). The summed E-state index contributed by atoms with van der Waals surface area (Å²) in [5.41, 5.74) is 6.56.